The van der Waals surface area contributed by atoms with Crippen molar-refractivity contribution < 1.29 is 4.74 Å². The molecule has 2 atom stereocenters. The maximum Gasteiger partial charge on any atom is 0.0843 e. The van der Waals surface area contributed by atoms with Crippen LogP contribution < -0.4 is 11.3 Å². The van der Waals surface area contributed by atoms with Gasteiger partial charge in [0.2, 0.25) is 0 Å². The molecule has 2 rings (SSSR count). The van der Waals surface area contributed by atoms with Gasteiger partial charge in [-0.25, -0.2) is 0 Å². The van der Waals surface area contributed by atoms with Gasteiger partial charge in [0.05, 0.1) is 12.7 Å². The summed E-state index contributed by atoms with van der Waals surface area (Å²) in [5, 5.41) is 0. The van der Waals surface area contributed by atoms with Crippen LogP contribution in [0.2, 0.25) is 0 Å². The molecule has 3 N–H and O–H groups in total. The highest BCUT2D eigenvalue weighted by Gasteiger charge is 2.23. The van der Waals surface area contributed by atoms with Gasteiger partial charge >= 0.3 is 0 Å². The van der Waals surface area contributed by atoms with Gasteiger partial charge in [-0.1, -0.05) is 37.6 Å². The molecule has 1 aromatic rings. The zero-order valence-corrected chi connectivity index (χ0v) is 10.5. The Bertz CT molecular complexity index is 354. The molecule has 1 aliphatic rings. The van der Waals surface area contributed by atoms with Crippen molar-refractivity contribution in [2.75, 3.05) is 6.61 Å². The molecule has 94 valence electrons. The molecule has 17 heavy (non-hydrogen) atoms. The quantitative estimate of drug-likeness (QED) is 0.607. The first kappa shape index (κ1) is 12.6. The molecule has 1 aromatic carbocycles. The molecule has 3 heteroatoms. The molecule has 0 saturated carbocycles. The van der Waals surface area contributed by atoms with Gasteiger partial charge in [-0.2, -0.15) is 0 Å². The molecular weight excluding hydrogens is 212 g/mol. The lowest BCUT2D eigenvalue weighted by Gasteiger charge is -2.29. The summed E-state index contributed by atoms with van der Waals surface area (Å²) in [5.74, 6) is 5.59. The zero-order chi connectivity index (χ0) is 12.1. The van der Waals surface area contributed by atoms with Crippen molar-refractivity contribution in [3.63, 3.8) is 0 Å². The van der Waals surface area contributed by atoms with Crippen molar-refractivity contribution in [3.8, 4) is 0 Å². The van der Waals surface area contributed by atoms with Gasteiger partial charge in [0, 0.05) is 6.04 Å². The van der Waals surface area contributed by atoms with Crippen LogP contribution in [0.1, 0.15) is 43.4 Å². The lowest BCUT2D eigenvalue weighted by Crippen LogP contribution is -2.37. The minimum atomic E-state index is 0.201. The van der Waals surface area contributed by atoms with E-state index < -0.39 is 0 Å². The third-order valence-corrected chi connectivity index (χ3v) is 3.46. The predicted molar refractivity (Wildman–Crippen MR) is 69.5 cm³/mol. The van der Waals surface area contributed by atoms with Crippen LogP contribution in [-0.2, 0) is 11.2 Å². The van der Waals surface area contributed by atoms with Gasteiger partial charge in [0.1, 0.15) is 0 Å². The number of hydrogen-bond donors (Lipinski definition) is 2. The second kappa shape index (κ2) is 6.15. The number of rotatable bonds is 5. The van der Waals surface area contributed by atoms with E-state index in [0.29, 0.717) is 6.04 Å². The van der Waals surface area contributed by atoms with Crippen LogP contribution in [0.25, 0.3) is 0 Å². The van der Waals surface area contributed by atoms with Crippen molar-refractivity contribution in [1.29, 1.82) is 0 Å². The van der Waals surface area contributed by atoms with Gasteiger partial charge in [-0.15, -0.1) is 0 Å². The molecule has 0 amide bonds. The summed E-state index contributed by atoms with van der Waals surface area (Å²) in [6.07, 6.45) is 4.43. The minimum Gasteiger partial charge on any atom is -0.373 e. The Morgan fingerprint density at radius 3 is 3.06 bits per heavy atom. The van der Waals surface area contributed by atoms with E-state index in [0.717, 1.165) is 32.3 Å². The van der Waals surface area contributed by atoms with E-state index in [1.54, 1.807) is 0 Å². The van der Waals surface area contributed by atoms with Crippen molar-refractivity contribution >= 4 is 0 Å². The van der Waals surface area contributed by atoms with Crippen molar-refractivity contribution in [2.45, 2.75) is 44.8 Å². The Hall–Kier alpha value is -0.900. The largest absolute Gasteiger partial charge is 0.373 e. The fraction of sp³-hybridized carbons (Fsp3) is 0.571. The first-order valence-corrected chi connectivity index (χ1v) is 6.50. The van der Waals surface area contributed by atoms with E-state index in [9.17, 15) is 0 Å². The Labute approximate surface area is 103 Å². The fourth-order valence-corrected chi connectivity index (χ4v) is 2.55. The van der Waals surface area contributed by atoms with Gasteiger partial charge in [0.15, 0.2) is 0 Å². The molecule has 0 saturated heterocycles. The predicted octanol–water partition coefficient (Wildman–Crippen LogP) is 2.32. The van der Waals surface area contributed by atoms with E-state index in [-0.39, 0.29) is 6.10 Å². The average Bonchev–Trinajstić information content (AvgIpc) is 2.38. The maximum atomic E-state index is 5.89. The Kier molecular flexibility index (Phi) is 4.54. The summed E-state index contributed by atoms with van der Waals surface area (Å²) < 4.78 is 5.89. The summed E-state index contributed by atoms with van der Waals surface area (Å²) in [4.78, 5) is 0. The Morgan fingerprint density at radius 2 is 2.29 bits per heavy atom. The number of ether oxygens (including phenoxy) is 1. The molecule has 0 bridgehead atoms. The summed E-state index contributed by atoms with van der Waals surface area (Å²) in [6, 6.07) is 8.92. The summed E-state index contributed by atoms with van der Waals surface area (Å²) in [7, 11) is 0. The molecule has 0 radical (unpaired) electrons. The van der Waals surface area contributed by atoms with Crippen LogP contribution in [0, 0.1) is 0 Å². The lowest BCUT2D eigenvalue weighted by atomic mass is 9.92. The molecular formula is C14H22N2O. The molecule has 3 nitrogen and oxygen atoms in total. The van der Waals surface area contributed by atoms with Crippen LogP contribution in [0.3, 0.4) is 0 Å². The highest BCUT2D eigenvalue weighted by molar-refractivity contribution is 5.30. The van der Waals surface area contributed by atoms with E-state index in [1.165, 1.54) is 11.1 Å². The van der Waals surface area contributed by atoms with E-state index in [4.69, 9.17) is 10.6 Å². The van der Waals surface area contributed by atoms with Gasteiger partial charge in [0.25, 0.3) is 0 Å². The highest BCUT2D eigenvalue weighted by Crippen LogP contribution is 2.30. The topological polar surface area (TPSA) is 47.3 Å². The maximum absolute atomic E-state index is 5.89. The Balaban J connectivity index is 2.07. The minimum absolute atomic E-state index is 0.201. The molecule has 0 fully saturated rings. The third-order valence-electron chi connectivity index (χ3n) is 3.46. The standard InChI is InChI=1S/C14H22N2O/c1-2-5-12(16-15)10-14-13-7-4-3-6-11(13)8-9-17-14/h3-4,6-7,12,14,16H,2,5,8-10,15H2,1H3. The Morgan fingerprint density at radius 1 is 1.47 bits per heavy atom. The number of fused-ring (bicyclic) bond motifs is 1. The summed E-state index contributed by atoms with van der Waals surface area (Å²) >= 11 is 0. The van der Waals surface area contributed by atoms with E-state index >= 15 is 0 Å². The third kappa shape index (κ3) is 3.06. The molecule has 1 heterocycles. The van der Waals surface area contributed by atoms with Crippen LogP contribution in [-0.4, -0.2) is 12.6 Å². The molecule has 2 unspecified atom stereocenters. The highest BCUT2D eigenvalue weighted by atomic mass is 16.5. The number of hydrogen-bond acceptors (Lipinski definition) is 3. The van der Waals surface area contributed by atoms with Crippen LogP contribution in [0.15, 0.2) is 24.3 Å². The van der Waals surface area contributed by atoms with Gasteiger partial charge in [-0.05, 0) is 30.4 Å². The van der Waals surface area contributed by atoms with Gasteiger partial charge < -0.3 is 4.74 Å². The van der Waals surface area contributed by atoms with Crippen molar-refractivity contribution in [2.24, 2.45) is 5.84 Å². The smallest absolute Gasteiger partial charge is 0.0843 e. The molecule has 1 aliphatic heterocycles. The fourth-order valence-electron chi connectivity index (χ4n) is 2.55. The van der Waals surface area contributed by atoms with Crippen molar-refractivity contribution in [3.05, 3.63) is 35.4 Å². The normalized spacial score (nSPS) is 20.9. The average molecular weight is 234 g/mol. The number of nitrogens with two attached hydrogens (primary N) is 1. The molecule has 0 spiro atoms. The SMILES string of the molecule is CCCC(CC1OCCc2ccccc21)NN. The summed E-state index contributed by atoms with van der Waals surface area (Å²) in [6.45, 7) is 3.01. The van der Waals surface area contributed by atoms with E-state index in [1.807, 2.05) is 0 Å². The first-order chi connectivity index (χ1) is 8.35. The second-order valence-corrected chi connectivity index (χ2v) is 4.70. The summed E-state index contributed by atoms with van der Waals surface area (Å²) in [5.41, 5.74) is 5.67. The lowest BCUT2D eigenvalue weighted by molar-refractivity contribution is 0.0288. The van der Waals surface area contributed by atoms with Crippen LogP contribution in [0.4, 0.5) is 0 Å². The molecule has 0 aromatic heterocycles. The van der Waals surface area contributed by atoms with Gasteiger partial charge in [-0.3, -0.25) is 11.3 Å². The molecule has 0 aliphatic carbocycles. The van der Waals surface area contributed by atoms with Crippen LogP contribution >= 0.6 is 0 Å². The zero-order valence-electron chi connectivity index (χ0n) is 10.5. The monoisotopic (exact) mass is 234 g/mol. The number of hydrazine groups is 1. The van der Waals surface area contributed by atoms with Crippen molar-refractivity contribution in [1.82, 2.24) is 5.43 Å². The first-order valence-electron chi connectivity index (χ1n) is 6.50. The van der Waals surface area contributed by atoms with E-state index in [2.05, 4.69) is 36.6 Å². The second-order valence-electron chi connectivity index (χ2n) is 4.70. The number of benzene rings is 1. The van der Waals surface area contributed by atoms with Crippen LogP contribution in [0.5, 0.6) is 0 Å². The number of nitrogens with one attached hydrogen (secondary N) is 1.